The molecular formula is C25H28ClN5O. The Bertz CT molecular complexity index is 1220. The highest BCUT2D eigenvalue weighted by molar-refractivity contribution is 6.30. The maximum atomic E-state index is 6.14. The minimum Gasteiger partial charge on any atom is -0.493 e. The topological polar surface area (TPSA) is 64.3 Å². The highest BCUT2D eigenvalue weighted by Crippen LogP contribution is 2.30. The van der Waals surface area contributed by atoms with Crippen molar-refractivity contribution in [2.75, 3.05) is 18.5 Å². The van der Waals surface area contributed by atoms with Gasteiger partial charge in [0.1, 0.15) is 17.1 Å². The SMILES string of the molecule is CCCc1nc(C)c2c(NCCc3cccc(Cl)c3)nc(-c3ccccc3OCC)nn12. The van der Waals surface area contributed by atoms with Gasteiger partial charge in [-0.25, -0.2) is 14.5 Å². The van der Waals surface area contributed by atoms with Crippen molar-refractivity contribution in [3.05, 3.63) is 70.6 Å². The molecule has 7 heteroatoms. The van der Waals surface area contributed by atoms with Crippen LogP contribution in [0.4, 0.5) is 5.82 Å². The first-order chi connectivity index (χ1) is 15.6. The van der Waals surface area contributed by atoms with Gasteiger partial charge in [-0.2, -0.15) is 0 Å². The molecule has 2 aromatic heterocycles. The van der Waals surface area contributed by atoms with Crippen molar-refractivity contribution in [2.45, 2.75) is 40.0 Å². The molecule has 0 aliphatic heterocycles. The van der Waals surface area contributed by atoms with E-state index in [0.717, 1.165) is 58.5 Å². The second kappa shape index (κ2) is 10.0. The van der Waals surface area contributed by atoms with Crippen molar-refractivity contribution in [1.29, 1.82) is 0 Å². The first kappa shape index (κ1) is 22.1. The standard InChI is InChI=1S/C25H28ClN5O/c1-4-9-22-28-17(3)23-25(27-15-14-18-10-8-11-19(26)16-18)29-24(30-31(22)23)20-12-6-7-13-21(20)32-5-2/h6-8,10-13,16H,4-5,9,14-15H2,1-3H3,(H,27,29,30). The number of aryl methyl sites for hydroxylation is 2. The smallest absolute Gasteiger partial charge is 0.185 e. The molecule has 0 atom stereocenters. The quantitative estimate of drug-likeness (QED) is 0.352. The summed E-state index contributed by atoms with van der Waals surface area (Å²) >= 11 is 6.14. The van der Waals surface area contributed by atoms with Crippen LogP contribution < -0.4 is 10.1 Å². The Labute approximate surface area is 193 Å². The number of hydrogen-bond acceptors (Lipinski definition) is 5. The van der Waals surface area contributed by atoms with Crippen LogP contribution in [0.5, 0.6) is 5.75 Å². The molecule has 0 aliphatic carbocycles. The molecule has 4 aromatic rings. The van der Waals surface area contributed by atoms with Crippen molar-refractivity contribution >= 4 is 22.9 Å². The van der Waals surface area contributed by atoms with Gasteiger partial charge < -0.3 is 10.1 Å². The van der Waals surface area contributed by atoms with E-state index in [9.17, 15) is 0 Å². The van der Waals surface area contributed by atoms with Crippen LogP contribution >= 0.6 is 11.6 Å². The van der Waals surface area contributed by atoms with Crippen LogP contribution in [-0.4, -0.2) is 32.7 Å². The molecular weight excluding hydrogens is 422 g/mol. The molecule has 0 aliphatic rings. The maximum Gasteiger partial charge on any atom is 0.185 e. The summed E-state index contributed by atoms with van der Waals surface area (Å²) in [7, 11) is 0. The third kappa shape index (κ3) is 4.70. The molecule has 0 radical (unpaired) electrons. The van der Waals surface area contributed by atoms with E-state index < -0.39 is 0 Å². The Morgan fingerprint density at radius 1 is 1.03 bits per heavy atom. The fourth-order valence-corrected chi connectivity index (χ4v) is 4.02. The lowest BCUT2D eigenvalue weighted by molar-refractivity contribution is 0.341. The predicted molar refractivity (Wildman–Crippen MR) is 130 cm³/mol. The van der Waals surface area contributed by atoms with Crippen LogP contribution in [0, 0.1) is 6.92 Å². The van der Waals surface area contributed by atoms with Gasteiger partial charge in [0.05, 0.1) is 17.9 Å². The zero-order chi connectivity index (χ0) is 22.5. The predicted octanol–water partition coefficient (Wildman–Crippen LogP) is 5.76. The van der Waals surface area contributed by atoms with Gasteiger partial charge in [-0.3, -0.25) is 0 Å². The van der Waals surface area contributed by atoms with Crippen molar-refractivity contribution < 1.29 is 4.74 Å². The number of nitrogens with zero attached hydrogens (tertiary/aromatic N) is 4. The monoisotopic (exact) mass is 449 g/mol. The average molecular weight is 450 g/mol. The molecule has 0 amide bonds. The second-order valence-corrected chi connectivity index (χ2v) is 8.08. The summed E-state index contributed by atoms with van der Waals surface area (Å²) in [5.41, 5.74) is 3.87. The third-order valence-corrected chi connectivity index (χ3v) is 5.46. The van der Waals surface area contributed by atoms with Gasteiger partial charge in [0, 0.05) is 18.0 Å². The van der Waals surface area contributed by atoms with E-state index in [-0.39, 0.29) is 0 Å². The summed E-state index contributed by atoms with van der Waals surface area (Å²) < 4.78 is 7.77. The number of ether oxygens (including phenoxy) is 1. The Hall–Kier alpha value is -3.12. The van der Waals surface area contributed by atoms with Crippen LogP contribution in [0.2, 0.25) is 5.02 Å². The fraction of sp³-hybridized carbons (Fsp3) is 0.320. The van der Waals surface area contributed by atoms with Crippen molar-refractivity contribution in [1.82, 2.24) is 19.6 Å². The number of rotatable bonds is 9. The van der Waals surface area contributed by atoms with Gasteiger partial charge in [0.25, 0.3) is 0 Å². The molecule has 32 heavy (non-hydrogen) atoms. The number of para-hydroxylation sites is 1. The van der Waals surface area contributed by atoms with E-state index >= 15 is 0 Å². The number of aromatic nitrogens is 4. The van der Waals surface area contributed by atoms with E-state index in [4.69, 9.17) is 31.4 Å². The molecule has 4 rings (SSSR count). The van der Waals surface area contributed by atoms with E-state index in [1.165, 1.54) is 5.56 Å². The molecule has 0 spiro atoms. The molecule has 0 saturated heterocycles. The minimum atomic E-state index is 0.579. The van der Waals surface area contributed by atoms with Crippen molar-refractivity contribution in [2.24, 2.45) is 0 Å². The number of halogens is 1. The normalized spacial score (nSPS) is 11.1. The van der Waals surface area contributed by atoms with Gasteiger partial charge in [0.2, 0.25) is 0 Å². The molecule has 1 N–H and O–H groups in total. The highest BCUT2D eigenvalue weighted by atomic mass is 35.5. The second-order valence-electron chi connectivity index (χ2n) is 7.64. The van der Waals surface area contributed by atoms with E-state index in [1.807, 2.05) is 60.8 Å². The number of imidazole rings is 1. The summed E-state index contributed by atoms with van der Waals surface area (Å²) in [5.74, 6) is 3.10. The molecule has 166 valence electrons. The highest BCUT2D eigenvalue weighted by Gasteiger charge is 2.18. The number of benzene rings is 2. The maximum absolute atomic E-state index is 6.14. The lowest BCUT2D eigenvalue weighted by atomic mass is 10.1. The van der Waals surface area contributed by atoms with E-state index in [2.05, 4.69) is 18.3 Å². The first-order valence-electron chi connectivity index (χ1n) is 11.1. The first-order valence-corrected chi connectivity index (χ1v) is 11.4. The van der Waals surface area contributed by atoms with Gasteiger partial charge in [-0.1, -0.05) is 42.8 Å². The number of nitrogens with one attached hydrogen (secondary N) is 1. The Kier molecular flexibility index (Phi) is 6.90. The van der Waals surface area contributed by atoms with Crippen LogP contribution in [0.25, 0.3) is 16.9 Å². The van der Waals surface area contributed by atoms with Gasteiger partial charge in [-0.15, -0.1) is 5.10 Å². The third-order valence-electron chi connectivity index (χ3n) is 5.23. The molecule has 2 aromatic carbocycles. The lowest BCUT2D eigenvalue weighted by Gasteiger charge is -2.13. The largest absolute Gasteiger partial charge is 0.493 e. The molecule has 2 heterocycles. The van der Waals surface area contributed by atoms with Gasteiger partial charge in [0.15, 0.2) is 11.6 Å². The molecule has 0 fully saturated rings. The Morgan fingerprint density at radius 2 is 1.88 bits per heavy atom. The molecule has 0 bridgehead atoms. The van der Waals surface area contributed by atoms with E-state index in [0.29, 0.717) is 19.0 Å². The van der Waals surface area contributed by atoms with Gasteiger partial charge in [-0.05, 0) is 56.5 Å². The zero-order valence-corrected chi connectivity index (χ0v) is 19.5. The summed E-state index contributed by atoms with van der Waals surface area (Å²) in [4.78, 5) is 9.69. The summed E-state index contributed by atoms with van der Waals surface area (Å²) in [5, 5.41) is 9.14. The Morgan fingerprint density at radius 3 is 2.66 bits per heavy atom. The molecule has 0 unspecified atom stereocenters. The van der Waals surface area contributed by atoms with Crippen LogP contribution in [0.15, 0.2) is 48.5 Å². The van der Waals surface area contributed by atoms with Crippen LogP contribution in [0.1, 0.15) is 37.4 Å². The Balaban J connectivity index is 1.75. The summed E-state index contributed by atoms with van der Waals surface area (Å²) in [6.45, 7) is 7.42. The summed E-state index contributed by atoms with van der Waals surface area (Å²) in [6, 6.07) is 15.8. The van der Waals surface area contributed by atoms with Crippen molar-refractivity contribution in [3.8, 4) is 17.1 Å². The summed E-state index contributed by atoms with van der Waals surface area (Å²) in [6.07, 6.45) is 2.67. The number of hydrogen-bond donors (Lipinski definition) is 1. The fourth-order valence-electron chi connectivity index (χ4n) is 3.80. The number of anilines is 1. The van der Waals surface area contributed by atoms with Gasteiger partial charge >= 0.3 is 0 Å². The average Bonchev–Trinajstić information content (AvgIpc) is 3.10. The minimum absolute atomic E-state index is 0.579. The van der Waals surface area contributed by atoms with Crippen LogP contribution in [-0.2, 0) is 12.8 Å². The van der Waals surface area contributed by atoms with Crippen LogP contribution in [0.3, 0.4) is 0 Å². The zero-order valence-electron chi connectivity index (χ0n) is 18.7. The lowest BCUT2D eigenvalue weighted by Crippen LogP contribution is -2.11. The van der Waals surface area contributed by atoms with E-state index in [1.54, 1.807) is 0 Å². The molecule has 6 nitrogen and oxygen atoms in total. The molecule has 0 saturated carbocycles. The number of fused-ring (bicyclic) bond motifs is 1. The van der Waals surface area contributed by atoms with Crippen molar-refractivity contribution in [3.63, 3.8) is 0 Å².